The molecule has 4 aromatic heterocycles. The number of methoxy groups -OCH3 is 1. The maximum atomic E-state index is 14.0. The molecule has 5 aromatic rings. The van der Waals surface area contributed by atoms with E-state index in [4.69, 9.17) is 14.8 Å². The van der Waals surface area contributed by atoms with E-state index in [9.17, 15) is 19.5 Å². The van der Waals surface area contributed by atoms with Gasteiger partial charge in [-0.15, -0.1) is 0 Å². The van der Waals surface area contributed by atoms with E-state index in [0.717, 1.165) is 30.4 Å². The summed E-state index contributed by atoms with van der Waals surface area (Å²) in [6, 6.07) is 13.2. The van der Waals surface area contributed by atoms with E-state index in [0.29, 0.717) is 84.2 Å². The van der Waals surface area contributed by atoms with Crippen LogP contribution in [0.25, 0.3) is 22.2 Å². The number of hydrogen-bond donors (Lipinski definition) is 2. The van der Waals surface area contributed by atoms with Crippen LogP contribution in [0.1, 0.15) is 57.9 Å². The van der Waals surface area contributed by atoms with Crippen LogP contribution >= 0.6 is 0 Å². The molecule has 6 heterocycles. The van der Waals surface area contributed by atoms with Crippen molar-refractivity contribution in [1.29, 1.82) is 0 Å². The van der Waals surface area contributed by atoms with Gasteiger partial charge in [0.05, 0.1) is 24.6 Å². The molecule has 2 aliphatic heterocycles. The third-order valence-corrected chi connectivity index (χ3v) is 10.2. The summed E-state index contributed by atoms with van der Waals surface area (Å²) in [6.07, 6.45) is 5.60. The number of carboxylic acid groups (broad SMARTS) is 1. The van der Waals surface area contributed by atoms with Crippen molar-refractivity contribution in [2.45, 2.75) is 52.2 Å². The molecule has 13 heteroatoms. The zero-order chi connectivity index (χ0) is 34.7. The molecular formula is C37H38N8O5. The highest BCUT2D eigenvalue weighted by Crippen LogP contribution is 2.41. The fourth-order valence-corrected chi connectivity index (χ4v) is 7.82. The first-order valence-corrected chi connectivity index (χ1v) is 16.8. The number of hydrogen-bond acceptors (Lipinski definition) is 8. The van der Waals surface area contributed by atoms with Crippen molar-refractivity contribution < 1.29 is 24.2 Å². The summed E-state index contributed by atoms with van der Waals surface area (Å²) in [6.45, 7) is 6.66. The Balaban J connectivity index is 1.20. The molecule has 2 N–H and O–H groups in total. The molecule has 0 spiro atoms. The van der Waals surface area contributed by atoms with Gasteiger partial charge in [-0.25, -0.2) is 19.4 Å². The predicted octanol–water partition coefficient (Wildman–Crippen LogP) is 5.11. The van der Waals surface area contributed by atoms with Crippen LogP contribution in [0.2, 0.25) is 0 Å². The standard InChI is InChI=1S/C37H38N8O5/c1-37(2)17-23-16-29-35(47)44(15-14-43(29)30(23)18-37)33-28(21-46)26(8-11-38-33)27-9-12-39-34-31(27)32(40-24-10-13-42(20-24)36(48)49)41-45(34)19-22-4-6-25(50-3)7-5-22/h4-9,11-12,16,21,24H,10,13-15,17-20H2,1-3H3,(H,40,41)(H,48,49)/t24-/m1/s1. The lowest BCUT2D eigenvalue weighted by atomic mass is 9.90. The quantitative estimate of drug-likeness (QED) is 0.214. The molecule has 1 saturated heterocycles. The van der Waals surface area contributed by atoms with Crippen molar-refractivity contribution in [2.24, 2.45) is 5.41 Å². The van der Waals surface area contributed by atoms with Crippen LogP contribution < -0.4 is 15.0 Å². The molecular weight excluding hydrogens is 636 g/mol. The molecule has 0 saturated carbocycles. The molecule has 1 atom stereocenters. The number of aldehydes is 1. The Morgan fingerprint density at radius 3 is 2.58 bits per heavy atom. The fraction of sp³-hybridized carbons (Fsp3) is 0.351. The van der Waals surface area contributed by atoms with Crippen LogP contribution in [0.5, 0.6) is 5.75 Å². The average molecular weight is 675 g/mol. The summed E-state index contributed by atoms with van der Waals surface area (Å²) in [5.74, 6) is 1.42. The SMILES string of the molecule is COc1ccc(Cn2nc(N[C@@H]3CCN(C(=O)O)C3)c3c(-c4ccnc(N5CCn6c(cc7c6CC(C)(C)C7)C5=O)c4C=O)ccnc32)cc1. The molecule has 1 fully saturated rings. The van der Waals surface area contributed by atoms with Gasteiger partial charge in [-0.2, -0.15) is 5.10 Å². The molecule has 0 bridgehead atoms. The molecule has 13 nitrogen and oxygen atoms in total. The maximum Gasteiger partial charge on any atom is 0.407 e. The minimum atomic E-state index is -0.959. The Kier molecular flexibility index (Phi) is 7.57. The van der Waals surface area contributed by atoms with Crippen molar-refractivity contribution in [3.05, 3.63) is 82.9 Å². The highest BCUT2D eigenvalue weighted by Gasteiger charge is 2.38. The maximum absolute atomic E-state index is 14.0. The Morgan fingerprint density at radius 1 is 1.06 bits per heavy atom. The van der Waals surface area contributed by atoms with Gasteiger partial charge in [-0.05, 0) is 77.3 Å². The van der Waals surface area contributed by atoms with Crippen molar-refractivity contribution in [1.82, 2.24) is 29.2 Å². The lowest BCUT2D eigenvalue weighted by Gasteiger charge is -2.30. The lowest BCUT2D eigenvalue weighted by molar-refractivity contribution is 0.0963. The van der Waals surface area contributed by atoms with Gasteiger partial charge in [0.25, 0.3) is 5.91 Å². The number of amides is 2. The van der Waals surface area contributed by atoms with Crippen molar-refractivity contribution >= 4 is 41.0 Å². The molecule has 8 rings (SSSR count). The number of carbonyl (C=O) groups excluding carboxylic acids is 2. The van der Waals surface area contributed by atoms with Gasteiger partial charge in [-0.1, -0.05) is 26.0 Å². The fourth-order valence-electron chi connectivity index (χ4n) is 7.82. The Bertz CT molecular complexity index is 2170. The molecule has 0 radical (unpaired) electrons. The number of benzene rings is 1. The number of nitrogens with one attached hydrogen (secondary N) is 1. The first-order chi connectivity index (χ1) is 24.1. The summed E-state index contributed by atoms with van der Waals surface area (Å²) in [7, 11) is 1.62. The Labute approximate surface area is 288 Å². The number of pyridine rings is 2. The van der Waals surface area contributed by atoms with E-state index in [1.54, 1.807) is 35.2 Å². The summed E-state index contributed by atoms with van der Waals surface area (Å²) in [4.78, 5) is 51.0. The largest absolute Gasteiger partial charge is 0.497 e. The van der Waals surface area contributed by atoms with Crippen molar-refractivity contribution in [3.63, 3.8) is 0 Å². The highest BCUT2D eigenvalue weighted by molar-refractivity contribution is 6.10. The number of ether oxygens (including phenoxy) is 1. The van der Waals surface area contributed by atoms with Crippen molar-refractivity contribution in [2.75, 3.05) is 37.0 Å². The smallest absolute Gasteiger partial charge is 0.407 e. The van der Waals surface area contributed by atoms with E-state index < -0.39 is 6.09 Å². The molecule has 3 aliphatic rings. The van der Waals surface area contributed by atoms with Gasteiger partial charge in [0.2, 0.25) is 0 Å². The molecule has 1 aliphatic carbocycles. The van der Waals surface area contributed by atoms with E-state index in [1.807, 2.05) is 36.4 Å². The average Bonchev–Trinajstić information content (AvgIpc) is 3.87. The van der Waals surface area contributed by atoms with Crippen LogP contribution in [0.15, 0.2) is 54.9 Å². The monoisotopic (exact) mass is 674 g/mol. The molecule has 2 amide bonds. The second-order valence-corrected chi connectivity index (χ2v) is 14.1. The van der Waals surface area contributed by atoms with Crippen LogP contribution in [0.4, 0.5) is 16.4 Å². The third-order valence-electron chi connectivity index (χ3n) is 10.2. The Hall–Kier alpha value is -5.72. The van der Waals surface area contributed by atoms with E-state index in [2.05, 4.69) is 28.7 Å². The molecule has 1 aromatic carbocycles. The first kappa shape index (κ1) is 31.5. The van der Waals surface area contributed by atoms with E-state index >= 15 is 0 Å². The van der Waals surface area contributed by atoms with Gasteiger partial charge in [0.15, 0.2) is 17.8 Å². The number of anilines is 2. The Morgan fingerprint density at radius 2 is 1.84 bits per heavy atom. The van der Waals surface area contributed by atoms with Gasteiger partial charge in [0, 0.05) is 50.3 Å². The third kappa shape index (κ3) is 5.33. The van der Waals surface area contributed by atoms with Gasteiger partial charge >= 0.3 is 6.09 Å². The molecule has 256 valence electrons. The number of rotatable bonds is 8. The zero-order valence-electron chi connectivity index (χ0n) is 28.2. The first-order valence-electron chi connectivity index (χ1n) is 16.8. The normalized spacial score (nSPS) is 18.0. The molecule has 0 unspecified atom stereocenters. The minimum absolute atomic E-state index is 0.167. The van der Waals surface area contributed by atoms with E-state index in [-0.39, 0.29) is 17.4 Å². The van der Waals surface area contributed by atoms with Gasteiger partial charge in [-0.3, -0.25) is 14.5 Å². The number of carbonyl (C=O) groups is 3. The zero-order valence-corrected chi connectivity index (χ0v) is 28.2. The van der Waals surface area contributed by atoms with Crippen LogP contribution in [0, 0.1) is 5.41 Å². The molecule has 50 heavy (non-hydrogen) atoms. The second kappa shape index (κ2) is 12.0. The van der Waals surface area contributed by atoms with Gasteiger partial charge < -0.3 is 24.6 Å². The van der Waals surface area contributed by atoms with Gasteiger partial charge in [0.1, 0.15) is 17.3 Å². The number of likely N-dealkylation sites (tertiary alicyclic amines) is 1. The number of nitrogens with zero attached hydrogens (tertiary/aromatic N) is 7. The summed E-state index contributed by atoms with van der Waals surface area (Å²) in [5, 5.41) is 18.7. The minimum Gasteiger partial charge on any atom is -0.497 e. The van der Waals surface area contributed by atoms with Crippen LogP contribution in [0.3, 0.4) is 0 Å². The summed E-state index contributed by atoms with van der Waals surface area (Å²) in [5.41, 5.74) is 6.42. The highest BCUT2D eigenvalue weighted by atomic mass is 16.5. The van der Waals surface area contributed by atoms with Crippen LogP contribution in [-0.4, -0.2) is 85.4 Å². The topological polar surface area (TPSA) is 148 Å². The number of fused-ring (bicyclic) bond motifs is 4. The van der Waals surface area contributed by atoms with E-state index in [1.165, 1.54) is 16.2 Å². The summed E-state index contributed by atoms with van der Waals surface area (Å²) >= 11 is 0. The lowest BCUT2D eigenvalue weighted by Crippen LogP contribution is -2.41. The van der Waals surface area contributed by atoms with Crippen molar-refractivity contribution in [3.8, 4) is 16.9 Å². The second-order valence-electron chi connectivity index (χ2n) is 14.1. The predicted molar refractivity (Wildman–Crippen MR) is 187 cm³/mol. The van der Waals surface area contributed by atoms with Crippen LogP contribution in [-0.2, 0) is 25.9 Å². The number of aromatic nitrogens is 5. The summed E-state index contributed by atoms with van der Waals surface area (Å²) < 4.78 is 9.28.